The molecule has 0 N–H and O–H groups in total. The molecule has 3 atom stereocenters. The quantitative estimate of drug-likeness (QED) is 0.679. The molecule has 0 fully saturated rings. The molecule has 0 aromatic heterocycles. The topological polar surface area (TPSA) is 17.1 Å². The van der Waals surface area contributed by atoms with E-state index in [1.807, 2.05) is 0 Å². The van der Waals surface area contributed by atoms with Gasteiger partial charge in [-0.2, -0.15) is 0 Å². The molecular formula is C21H20O. The van der Waals surface area contributed by atoms with Crippen LogP contribution in [-0.2, 0) is 6.42 Å². The molecule has 0 aliphatic heterocycles. The van der Waals surface area contributed by atoms with E-state index in [1.165, 1.54) is 40.7 Å². The first-order valence-electron chi connectivity index (χ1n) is 8.50. The summed E-state index contributed by atoms with van der Waals surface area (Å²) in [5.74, 6) is 1.99. The Labute approximate surface area is 131 Å². The Kier molecular flexibility index (Phi) is 2.48. The zero-order valence-electron chi connectivity index (χ0n) is 12.9. The maximum atomic E-state index is 12.5. The number of carbonyl (C=O) groups excluding carboxylic acids is 1. The van der Waals surface area contributed by atoms with Crippen molar-refractivity contribution in [3.8, 4) is 0 Å². The van der Waals surface area contributed by atoms with Crippen molar-refractivity contribution in [3.63, 3.8) is 0 Å². The Bertz CT molecular complexity index is 802. The predicted molar refractivity (Wildman–Crippen MR) is 87.6 cm³/mol. The van der Waals surface area contributed by atoms with Gasteiger partial charge in [0.15, 0.2) is 5.78 Å². The highest BCUT2D eigenvalue weighted by atomic mass is 16.1. The smallest absolute Gasteiger partial charge is 0.163 e. The Morgan fingerprint density at radius 2 is 1.82 bits per heavy atom. The Balaban J connectivity index is 1.80. The van der Waals surface area contributed by atoms with E-state index in [0.29, 0.717) is 23.5 Å². The van der Waals surface area contributed by atoms with Crippen molar-refractivity contribution in [2.45, 2.75) is 44.4 Å². The second-order valence-electron chi connectivity index (χ2n) is 7.32. The molecule has 1 nitrogen and oxygen atoms in total. The average molecular weight is 288 g/mol. The highest BCUT2D eigenvalue weighted by Gasteiger charge is 2.41. The highest BCUT2D eigenvalue weighted by molar-refractivity contribution is 5.99. The summed E-state index contributed by atoms with van der Waals surface area (Å²) in [5.41, 5.74) is 8.43. The predicted octanol–water partition coefficient (Wildman–Crippen LogP) is 4.82. The fraction of sp³-hybridized carbons (Fsp3) is 0.381. The molecule has 110 valence electrons. The largest absolute Gasteiger partial charge is 0.294 e. The van der Waals surface area contributed by atoms with E-state index < -0.39 is 0 Å². The Hall–Kier alpha value is -1.89. The maximum Gasteiger partial charge on any atom is 0.163 e. The van der Waals surface area contributed by atoms with E-state index in [0.717, 1.165) is 18.4 Å². The number of hydrogen-bond acceptors (Lipinski definition) is 1. The van der Waals surface area contributed by atoms with Gasteiger partial charge in [0.25, 0.3) is 0 Å². The van der Waals surface area contributed by atoms with Gasteiger partial charge in [-0.25, -0.2) is 0 Å². The van der Waals surface area contributed by atoms with E-state index in [2.05, 4.69) is 43.3 Å². The summed E-state index contributed by atoms with van der Waals surface area (Å²) < 4.78 is 0. The lowest BCUT2D eigenvalue weighted by Gasteiger charge is -2.42. The fourth-order valence-corrected chi connectivity index (χ4v) is 5.19. The number of ketones is 1. The second kappa shape index (κ2) is 4.32. The van der Waals surface area contributed by atoms with E-state index in [4.69, 9.17) is 0 Å². The van der Waals surface area contributed by atoms with E-state index in [1.54, 1.807) is 0 Å². The first-order chi connectivity index (χ1) is 10.7. The lowest BCUT2D eigenvalue weighted by atomic mass is 9.61. The number of carbonyl (C=O) groups is 1. The highest BCUT2D eigenvalue weighted by Crippen LogP contribution is 2.53. The van der Waals surface area contributed by atoms with Gasteiger partial charge in [-0.15, -0.1) is 0 Å². The van der Waals surface area contributed by atoms with Crippen LogP contribution in [0.15, 0.2) is 36.4 Å². The number of rotatable bonds is 0. The molecule has 0 bridgehead atoms. The van der Waals surface area contributed by atoms with Gasteiger partial charge < -0.3 is 0 Å². The van der Waals surface area contributed by atoms with Crippen LogP contribution in [0.4, 0.5) is 0 Å². The number of Topliss-reactive ketones (excluding diaryl/α,β-unsaturated/α-hetero) is 1. The molecule has 22 heavy (non-hydrogen) atoms. The molecule has 3 aliphatic rings. The van der Waals surface area contributed by atoms with E-state index in [9.17, 15) is 4.79 Å². The van der Waals surface area contributed by atoms with Gasteiger partial charge in [0.2, 0.25) is 0 Å². The number of benzene rings is 2. The molecule has 3 unspecified atom stereocenters. The lowest BCUT2D eigenvalue weighted by molar-refractivity contribution is 0.0937. The minimum absolute atomic E-state index is 0.362. The summed E-state index contributed by atoms with van der Waals surface area (Å²) >= 11 is 0. The molecule has 0 saturated carbocycles. The fourth-order valence-electron chi connectivity index (χ4n) is 5.19. The summed E-state index contributed by atoms with van der Waals surface area (Å²) in [6, 6.07) is 13.2. The number of fused-ring (bicyclic) bond motifs is 2. The van der Waals surface area contributed by atoms with E-state index in [-0.39, 0.29) is 0 Å². The molecule has 0 heterocycles. The lowest BCUT2D eigenvalue weighted by Crippen LogP contribution is -2.31. The van der Waals surface area contributed by atoms with Gasteiger partial charge in [-0.1, -0.05) is 43.3 Å². The van der Waals surface area contributed by atoms with Gasteiger partial charge in [0.1, 0.15) is 0 Å². The van der Waals surface area contributed by atoms with Gasteiger partial charge in [-0.3, -0.25) is 4.79 Å². The SMILES string of the molecule is CC1CC(=O)c2ccc3c4c2C1CCC4c1ccccc1C3. The third-order valence-corrected chi connectivity index (χ3v) is 6.17. The molecule has 0 spiro atoms. The second-order valence-corrected chi connectivity index (χ2v) is 7.32. The minimum atomic E-state index is 0.362. The summed E-state index contributed by atoms with van der Waals surface area (Å²) in [4.78, 5) is 12.5. The molecule has 3 aliphatic carbocycles. The van der Waals surface area contributed by atoms with Gasteiger partial charge in [-0.05, 0) is 58.9 Å². The minimum Gasteiger partial charge on any atom is -0.294 e. The van der Waals surface area contributed by atoms with Crippen molar-refractivity contribution in [1.29, 1.82) is 0 Å². The monoisotopic (exact) mass is 288 g/mol. The van der Waals surface area contributed by atoms with Crippen LogP contribution in [0, 0.1) is 5.92 Å². The first-order valence-corrected chi connectivity index (χ1v) is 8.50. The number of hydrogen-bond donors (Lipinski definition) is 0. The van der Waals surface area contributed by atoms with Crippen LogP contribution in [0.3, 0.4) is 0 Å². The summed E-state index contributed by atoms with van der Waals surface area (Å²) in [5, 5.41) is 0. The molecule has 5 rings (SSSR count). The third kappa shape index (κ3) is 1.52. The zero-order valence-corrected chi connectivity index (χ0v) is 12.9. The van der Waals surface area contributed by atoms with Crippen LogP contribution in [0.25, 0.3) is 0 Å². The molecule has 0 amide bonds. The molecule has 0 saturated heterocycles. The van der Waals surface area contributed by atoms with Crippen molar-refractivity contribution in [2.75, 3.05) is 0 Å². The van der Waals surface area contributed by atoms with Crippen LogP contribution in [0.1, 0.15) is 76.2 Å². The summed E-state index contributed by atoms with van der Waals surface area (Å²) in [6.07, 6.45) is 4.24. The van der Waals surface area contributed by atoms with Crippen LogP contribution < -0.4 is 0 Å². The van der Waals surface area contributed by atoms with Crippen LogP contribution in [-0.4, -0.2) is 5.78 Å². The molecule has 2 aromatic carbocycles. The van der Waals surface area contributed by atoms with Gasteiger partial charge in [0, 0.05) is 17.9 Å². The third-order valence-electron chi connectivity index (χ3n) is 6.17. The average Bonchev–Trinajstić information content (AvgIpc) is 2.54. The normalized spacial score (nSPS) is 28.0. The van der Waals surface area contributed by atoms with Crippen molar-refractivity contribution < 1.29 is 4.79 Å². The van der Waals surface area contributed by atoms with Crippen LogP contribution in [0.5, 0.6) is 0 Å². The van der Waals surface area contributed by atoms with Gasteiger partial charge in [0.05, 0.1) is 0 Å². The van der Waals surface area contributed by atoms with Crippen molar-refractivity contribution in [2.24, 2.45) is 5.92 Å². The molecular weight excluding hydrogens is 268 g/mol. The van der Waals surface area contributed by atoms with Crippen molar-refractivity contribution >= 4 is 5.78 Å². The summed E-state index contributed by atoms with van der Waals surface area (Å²) in [7, 11) is 0. The van der Waals surface area contributed by atoms with Crippen molar-refractivity contribution in [1.82, 2.24) is 0 Å². The van der Waals surface area contributed by atoms with Crippen LogP contribution in [0.2, 0.25) is 0 Å². The summed E-state index contributed by atoms with van der Waals surface area (Å²) in [6.45, 7) is 2.27. The zero-order chi connectivity index (χ0) is 14.8. The van der Waals surface area contributed by atoms with E-state index >= 15 is 0 Å². The molecule has 2 aromatic rings. The first kappa shape index (κ1) is 12.6. The van der Waals surface area contributed by atoms with Gasteiger partial charge >= 0.3 is 0 Å². The molecule has 0 radical (unpaired) electrons. The van der Waals surface area contributed by atoms with Crippen LogP contribution >= 0.6 is 0 Å². The molecule has 1 heteroatoms. The standard InChI is InChI=1S/C21H20O/c1-12-10-19(22)18-7-6-14-11-13-4-2-3-5-16(13)17-9-8-15(12)21(18)20(14)17/h2-7,12,15,17H,8-11H2,1H3. The van der Waals surface area contributed by atoms with Crippen molar-refractivity contribution in [3.05, 3.63) is 69.8 Å². The Morgan fingerprint density at radius 1 is 0.955 bits per heavy atom. The maximum absolute atomic E-state index is 12.5. The Morgan fingerprint density at radius 3 is 2.73 bits per heavy atom.